The van der Waals surface area contributed by atoms with Crippen LogP contribution in [0.25, 0.3) is 0 Å². The van der Waals surface area contributed by atoms with Gasteiger partial charge < -0.3 is 10.5 Å². The largest absolute Gasteiger partial charge is 0.497 e. The summed E-state index contributed by atoms with van der Waals surface area (Å²) in [5.41, 5.74) is 5.52. The van der Waals surface area contributed by atoms with Crippen molar-refractivity contribution in [3.8, 4) is 5.75 Å². The molecule has 60 valence electrons. The van der Waals surface area contributed by atoms with Crippen molar-refractivity contribution in [1.82, 2.24) is 0 Å². The highest BCUT2D eigenvalue weighted by Crippen LogP contribution is 2.10. The average molecular weight is 153 g/mol. The van der Waals surface area contributed by atoms with Crippen LogP contribution in [0.1, 0.15) is 11.8 Å². The Hall–Kier alpha value is -1.51. The minimum absolute atomic E-state index is 0. The van der Waals surface area contributed by atoms with Gasteiger partial charge >= 0.3 is 0 Å². The van der Waals surface area contributed by atoms with Crippen LogP contribution in [0.5, 0.6) is 5.75 Å². The molecule has 1 amide bonds. The molecule has 0 aliphatic rings. The van der Waals surface area contributed by atoms with Gasteiger partial charge in [0.2, 0.25) is 5.91 Å². The molecule has 0 heterocycles. The van der Waals surface area contributed by atoms with Crippen LogP contribution in [0.2, 0.25) is 0 Å². The van der Waals surface area contributed by atoms with Crippen LogP contribution in [-0.4, -0.2) is 13.0 Å². The zero-order valence-corrected chi connectivity index (χ0v) is 6.20. The number of hydrogen-bond donors (Lipinski definition) is 1. The third kappa shape index (κ3) is 1.70. The standard InChI is InChI=1S/C8H9NO2.H2/c1-11-7-4-2-6(3-5-7)8(9)10;/h2-5H,1H3,(H2,9,10);1H. The van der Waals surface area contributed by atoms with E-state index in [0.29, 0.717) is 5.56 Å². The van der Waals surface area contributed by atoms with Crippen molar-refractivity contribution in [3.05, 3.63) is 29.8 Å². The van der Waals surface area contributed by atoms with Gasteiger partial charge in [0.1, 0.15) is 5.75 Å². The molecule has 0 bridgehead atoms. The molecule has 0 unspecified atom stereocenters. The zero-order valence-electron chi connectivity index (χ0n) is 6.20. The number of methoxy groups -OCH3 is 1. The fourth-order valence-electron chi connectivity index (χ4n) is 0.755. The molecule has 3 nitrogen and oxygen atoms in total. The van der Waals surface area contributed by atoms with Gasteiger partial charge in [-0.05, 0) is 24.3 Å². The van der Waals surface area contributed by atoms with Crippen LogP contribution in [-0.2, 0) is 0 Å². The molecule has 0 atom stereocenters. The van der Waals surface area contributed by atoms with Crippen LogP contribution < -0.4 is 10.5 Å². The maximum Gasteiger partial charge on any atom is 0.248 e. The molecule has 1 rings (SSSR count). The summed E-state index contributed by atoms with van der Waals surface area (Å²) in [4.78, 5) is 10.6. The third-order valence-corrected chi connectivity index (χ3v) is 1.37. The Morgan fingerprint density at radius 2 is 2.00 bits per heavy atom. The van der Waals surface area contributed by atoms with E-state index in [4.69, 9.17) is 10.5 Å². The van der Waals surface area contributed by atoms with Crippen molar-refractivity contribution in [3.63, 3.8) is 0 Å². The van der Waals surface area contributed by atoms with Crippen LogP contribution >= 0.6 is 0 Å². The topological polar surface area (TPSA) is 52.3 Å². The lowest BCUT2D eigenvalue weighted by Gasteiger charge is -1.98. The minimum Gasteiger partial charge on any atom is -0.497 e. The fraction of sp³-hybridized carbons (Fsp3) is 0.125. The second kappa shape index (κ2) is 3.05. The molecule has 3 heteroatoms. The van der Waals surface area contributed by atoms with E-state index in [9.17, 15) is 4.79 Å². The molecule has 2 N–H and O–H groups in total. The normalized spacial score (nSPS) is 9.18. The first-order valence-electron chi connectivity index (χ1n) is 3.18. The number of ether oxygens (including phenoxy) is 1. The highest BCUT2D eigenvalue weighted by molar-refractivity contribution is 5.92. The van der Waals surface area contributed by atoms with Crippen molar-refractivity contribution in [2.75, 3.05) is 7.11 Å². The summed E-state index contributed by atoms with van der Waals surface area (Å²) in [7, 11) is 1.57. The van der Waals surface area contributed by atoms with Gasteiger partial charge in [-0.25, -0.2) is 0 Å². The molecular weight excluding hydrogens is 142 g/mol. The lowest BCUT2D eigenvalue weighted by atomic mass is 10.2. The number of rotatable bonds is 2. The number of primary amides is 1. The second-order valence-corrected chi connectivity index (χ2v) is 2.09. The first kappa shape index (κ1) is 7.60. The van der Waals surface area contributed by atoms with Crippen molar-refractivity contribution in [2.45, 2.75) is 0 Å². The molecule has 0 saturated carbocycles. The van der Waals surface area contributed by atoms with Gasteiger partial charge in [-0.1, -0.05) is 0 Å². The molecule has 0 aliphatic heterocycles. The monoisotopic (exact) mass is 153 g/mol. The van der Waals surface area contributed by atoms with E-state index >= 15 is 0 Å². The minimum atomic E-state index is -0.423. The highest BCUT2D eigenvalue weighted by atomic mass is 16.5. The smallest absolute Gasteiger partial charge is 0.248 e. The average Bonchev–Trinajstić information content (AvgIpc) is 2.05. The summed E-state index contributed by atoms with van der Waals surface area (Å²) in [6, 6.07) is 6.64. The van der Waals surface area contributed by atoms with E-state index in [0.717, 1.165) is 5.75 Å². The van der Waals surface area contributed by atoms with E-state index < -0.39 is 5.91 Å². The predicted octanol–water partition coefficient (Wildman–Crippen LogP) is 1.04. The quantitative estimate of drug-likeness (QED) is 0.690. The molecule has 0 saturated heterocycles. The summed E-state index contributed by atoms with van der Waals surface area (Å²) in [5, 5.41) is 0. The van der Waals surface area contributed by atoms with Crippen LogP contribution in [0.3, 0.4) is 0 Å². The Morgan fingerprint density at radius 3 is 2.36 bits per heavy atom. The van der Waals surface area contributed by atoms with Crippen LogP contribution in [0.4, 0.5) is 0 Å². The summed E-state index contributed by atoms with van der Waals surface area (Å²) in [6.07, 6.45) is 0. The van der Waals surface area contributed by atoms with Gasteiger partial charge in [0, 0.05) is 6.99 Å². The van der Waals surface area contributed by atoms with Gasteiger partial charge in [0.05, 0.1) is 7.11 Å². The molecule has 0 aliphatic carbocycles. The van der Waals surface area contributed by atoms with Crippen LogP contribution in [0.15, 0.2) is 24.3 Å². The lowest BCUT2D eigenvalue weighted by Crippen LogP contribution is -2.10. The maximum absolute atomic E-state index is 10.6. The fourth-order valence-corrected chi connectivity index (χ4v) is 0.755. The molecule has 0 spiro atoms. The van der Waals surface area contributed by atoms with Gasteiger partial charge in [-0.15, -0.1) is 0 Å². The van der Waals surface area contributed by atoms with E-state index in [1.165, 1.54) is 0 Å². The Balaban J connectivity index is 0.00000121. The first-order chi connectivity index (χ1) is 5.24. The SMILES string of the molecule is COc1ccc(C(N)=O)cc1.[HH]. The molecule has 11 heavy (non-hydrogen) atoms. The van der Waals surface area contributed by atoms with Crippen molar-refractivity contribution in [2.24, 2.45) is 5.73 Å². The summed E-state index contributed by atoms with van der Waals surface area (Å²) in [6.45, 7) is 0. The zero-order chi connectivity index (χ0) is 8.27. The van der Waals surface area contributed by atoms with Gasteiger partial charge in [-0.2, -0.15) is 0 Å². The number of nitrogens with two attached hydrogens (primary N) is 1. The Morgan fingerprint density at radius 1 is 1.45 bits per heavy atom. The van der Waals surface area contributed by atoms with E-state index in [1.807, 2.05) is 0 Å². The molecule has 0 radical (unpaired) electrons. The molecular formula is C8H11NO2. The summed E-state index contributed by atoms with van der Waals surface area (Å²) < 4.78 is 4.90. The Labute approximate surface area is 66.3 Å². The predicted molar refractivity (Wildman–Crippen MR) is 43.6 cm³/mol. The van der Waals surface area contributed by atoms with Gasteiger partial charge in [0.15, 0.2) is 0 Å². The highest BCUT2D eigenvalue weighted by Gasteiger charge is 1.98. The summed E-state index contributed by atoms with van der Waals surface area (Å²) in [5.74, 6) is 0.294. The number of benzene rings is 1. The second-order valence-electron chi connectivity index (χ2n) is 2.09. The van der Waals surface area contributed by atoms with Gasteiger partial charge in [-0.3, -0.25) is 4.79 Å². The maximum atomic E-state index is 10.6. The van der Waals surface area contributed by atoms with Gasteiger partial charge in [0.25, 0.3) is 0 Å². The third-order valence-electron chi connectivity index (χ3n) is 1.37. The van der Waals surface area contributed by atoms with Crippen molar-refractivity contribution in [1.29, 1.82) is 0 Å². The number of carbonyl (C=O) groups excluding carboxylic acids is 1. The Kier molecular flexibility index (Phi) is 2.11. The van der Waals surface area contributed by atoms with Crippen LogP contribution in [0, 0.1) is 0 Å². The van der Waals surface area contributed by atoms with E-state index in [1.54, 1.807) is 31.4 Å². The van der Waals surface area contributed by atoms with Crippen molar-refractivity contribution >= 4 is 5.91 Å². The molecule has 0 fully saturated rings. The molecule has 0 aromatic heterocycles. The summed E-state index contributed by atoms with van der Waals surface area (Å²) >= 11 is 0. The molecule has 1 aromatic rings. The number of amides is 1. The van der Waals surface area contributed by atoms with E-state index in [2.05, 4.69) is 0 Å². The lowest BCUT2D eigenvalue weighted by molar-refractivity contribution is 0.100. The number of hydrogen-bond acceptors (Lipinski definition) is 2. The molecule has 1 aromatic carbocycles. The number of carbonyl (C=O) groups is 1. The first-order valence-corrected chi connectivity index (χ1v) is 3.18. The van der Waals surface area contributed by atoms with Crippen molar-refractivity contribution < 1.29 is 11.0 Å². The Bertz CT molecular complexity index is 258. The van der Waals surface area contributed by atoms with E-state index in [-0.39, 0.29) is 1.43 Å².